The number of fused-ring (bicyclic) bond motifs is 2. The molecule has 1 aromatic rings. The standard InChI is InChI=1S/C16H21BrN2O/c1-10-14(17)3-2-4-15(10)19-16(20)9-11-7-12-5-6-13(8-11)18-12/h2-4,11-13,18H,5-9H2,1H3,(H,19,20). The number of rotatable bonds is 3. The largest absolute Gasteiger partial charge is 0.326 e. The van der Waals surface area contributed by atoms with Crippen molar-refractivity contribution in [1.82, 2.24) is 5.32 Å². The number of amides is 1. The molecule has 1 amide bonds. The minimum absolute atomic E-state index is 0.150. The number of benzene rings is 1. The summed E-state index contributed by atoms with van der Waals surface area (Å²) in [5, 5.41) is 6.68. The molecule has 108 valence electrons. The van der Waals surface area contributed by atoms with Crippen LogP contribution in [-0.2, 0) is 4.79 Å². The van der Waals surface area contributed by atoms with Gasteiger partial charge in [0.15, 0.2) is 0 Å². The lowest BCUT2D eigenvalue weighted by molar-refractivity contribution is -0.117. The zero-order chi connectivity index (χ0) is 14.1. The number of anilines is 1. The maximum absolute atomic E-state index is 12.2. The van der Waals surface area contributed by atoms with Gasteiger partial charge in [0.2, 0.25) is 5.91 Å². The summed E-state index contributed by atoms with van der Waals surface area (Å²) in [6.07, 6.45) is 5.53. The molecule has 3 nitrogen and oxygen atoms in total. The van der Waals surface area contributed by atoms with E-state index in [1.54, 1.807) is 0 Å². The molecule has 0 aliphatic carbocycles. The number of carbonyl (C=O) groups excluding carboxylic acids is 1. The second-order valence-corrected chi connectivity index (χ2v) is 6.99. The van der Waals surface area contributed by atoms with Crippen LogP contribution in [0.5, 0.6) is 0 Å². The highest BCUT2D eigenvalue weighted by Gasteiger charge is 2.34. The van der Waals surface area contributed by atoms with Crippen molar-refractivity contribution in [3.63, 3.8) is 0 Å². The van der Waals surface area contributed by atoms with Crippen LogP contribution < -0.4 is 10.6 Å². The van der Waals surface area contributed by atoms with E-state index in [2.05, 4.69) is 26.6 Å². The lowest BCUT2D eigenvalue weighted by Gasteiger charge is -2.28. The van der Waals surface area contributed by atoms with Crippen molar-refractivity contribution in [3.05, 3.63) is 28.2 Å². The summed E-state index contributed by atoms with van der Waals surface area (Å²) in [5.41, 5.74) is 2.01. The molecular formula is C16H21BrN2O. The summed E-state index contributed by atoms with van der Waals surface area (Å²) in [5.74, 6) is 0.693. The van der Waals surface area contributed by atoms with Crippen molar-refractivity contribution in [2.75, 3.05) is 5.32 Å². The van der Waals surface area contributed by atoms with Crippen molar-refractivity contribution in [2.45, 2.75) is 51.1 Å². The Balaban J connectivity index is 1.58. The van der Waals surface area contributed by atoms with Gasteiger partial charge >= 0.3 is 0 Å². The minimum Gasteiger partial charge on any atom is -0.326 e. The summed E-state index contributed by atoms with van der Waals surface area (Å²) < 4.78 is 1.04. The molecule has 20 heavy (non-hydrogen) atoms. The number of hydrogen-bond donors (Lipinski definition) is 2. The molecule has 0 radical (unpaired) electrons. The summed E-state index contributed by atoms with van der Waals surface area (Å²) in [7, 11) is 0. The Morgan fingerprint density at radius 3 is 2.75 bits per heavy atom. The number of nitrogens with one attached hydrogen (secondary N) is 2. The van der Waals surface area contributed by atoms with E-state index >= 15 is 0 Å². The molecule has 0 aromatic heterocycles. The van der Waals surface area contributed by atoms with Gasteiger partial charge in [0.1, 0.15) is 0 Å². The Bertz CT molecular complexity index is 505. The van der Waals surface area contributed by atoms with Crippen LogP contribution in [0.1, 0.15) is 37.7 Å². The molecule has 0 spiro atoms. The maximum Gasteiger partial charge on any atom is 0.224 e. The molecule has 2 N–H and O–H groups in total. The lowest BCUT2D eigenvalue weighted by Crippen LogP contribution is -2.39. The summed E-state index contributed by atoms with van der Waals surface area (Å²) in [6, 6.07) is 7.22. The van der Waals surface area contributed by atoms with Crippen molar-refractivity contribution in [3.8, 4) is 0 Å². The van der Waals surface area contributed by atoms with Crippen LogP contribution in [0.3, 0.4) is 0 Å². The number of carbonyl (C=O) groups is 1. The molecule has 2 heterocycles. The van der Waals surface area contributed by atoms with E-state index < -0.39 is 0 Å². The van der Waals surface area contributed by atoms with E-state index in [1.807, 2.05) is 25.1 Å². The van der Waals surface area contributed by atoms with Crippen molar-refractivity contribution < 1.29 is 4.79 Å². The average molecular weight is 337 g/mol. The molecule has 1 aromatic carbocycles. The predicted octanol–water partition coefficient (Wildman–Crippen LogP) is 3.62. The predicted molar refractivity (Wildman–Crippen MR) is 84.8 cm³/mol. The number of hydrogen-bond acceptors (Lipinski definition) is 2. The molecule has 2 aliphatic rings. The second-order valence-electron chi connectivity index (χ2n) is 6.14. The SMILES string of the molecule is Cc1c(Br)cccc1NC(=O)CC1CC2CCC(C1)N2. The van der Waals surface area contributed by atoms with Crippen LogP contribution in [0.15, 0.2) is 22.7 Å². The van der Waals surface area contributed by atoms with Gasteiger partial charge in [-0.1, -0.05) is 22.0 Å². The van der Waals surface area contributed by atoms with E-state index in [1.165, 1.54) is 12.8 Å². The third kappa shape index (κ3) is 3.07. The maximum atomic E-state index is 12.2. The van der Waals surface area contributed by atoms with Crippen molar-refractivity contribution in [1.29, 1.82) is 0 Å². The van der Waals surface area contributed by atoms with Crippen LogP contribution >= 0.6 is 15.9 Å². The average Bonchev–Trinajstić information content (AvgIpc) is 2.74. The number of halogens is 1. The highest BCUT2D eigenvalue weighted by atomic mass is 79.9. The zero-order valence-electron chi connectivity index (χ0n) is 11.8. The fourth-order valence-corrected chi connectivity index (χ4v) is 3.91. The first-order valence-corrected chi connectivity index (χ1v) is 8.22. The Hall–Kier alpha value is -0.870. The topological polar surface area (TPSA) is 41.1 Å². The van der Waals surface area contributed by atoms with E-state index in [0.717, 1.165) is 28.6 Å². The molecule has 2 atom stereocenters. The smallest absolute Gasteiger partial charge is 0.224 e. The molecule has 2 aliphatic heterocycles. The molecule has 2 unspecified atom stereocenters. The van der Waals surface area contributed by atoms with Gasteiger partial charge in [-0.2, -0.15) is 0 Å². The monoisotopic (exact) mass is 336 g/mol. The molecular weight excluding hydrogens is 316 g/mol. The van der Waals surface area contributed by atoms with Crippen molar-refractivity contribution in [2.24, 2.45) is 5.92 Å². The third-order valence-corrected chi connectivity index (χ3v) is 5.45. The Morgan fingerprint density at radius 2 is 2.05 bits per heavy atom. The first-order valence-electron chi connectivity index (χ1n) is 7.43. The van der Waals surface area contributed by atoms with E-state index in [0.29, 0.717) is 24.4 Å². The fraction of sp³-hybridized carbons (Fsp3) is 0.562. The third-order valence-electron chi connectivity index (χ3n) is 4.59. The van der Waals surface area contributed by atoms with E-state index in [-0.39, 0.29) is 5.91 Å². The summed E-state index contributed by atoms with van der Waals surface area (Å²) >= 11 is 3.50. The first kappa shape index (κ1) is 14.1. The van der Waals surface area contributed by atoms with Crippen LogP contribution in [0.2, 0.25) is 0 Å². The Morgan fingerprint density at radius 1 is 1.35 bits per heavy atom. The van der Waals surface area contributed by atoms with Gasteiger partial charge in [0.25, 0.3) is 0 Å². The minimum atomic E-state index is 0.150. The van der Waals surface area contributed by atoms with Gasteiger partial charge in [0, 0.05) is 28.7 Å². The second kappa shape index (κ2) is 5.86. The first-order chi connectivity index (χ1) is 9.61. The highest BCUT2D eigenvalue weighted by molar-refractivity contribution is 9.10. The Kier molecular flexibility index (Phi) is 4.13. The van der Waals surface area contributed by atoms with Gasteiger partial charge in [-0.15, -0.1) is 0 Å². The van der Waals surface area contributed by atoms with Crippen molar-refractivity contribution >= 4 is 27.5 Å². The van der Waals surface area contributed by atoms with Gasteiger partial charge < -0.3 is 10.6 Å². The van der Waals surface area contributed by atoms with Gasteiger partial charge in [-0.3, -0.25) is 4.79 Å². The summed E-state index contributed by atoms with van der Waals surface area (Å²) in [4.78, 5) is 12.2. The van der Waals surface area contributed by atoms with Gasteiger partial charge in [-0.25, -0.2) is 0 Å². The Labute approximate surface area is 128 Å². The molecule has 3 rings (SSSR count). The van der Waals surface area contributed by atoms with Gasteiger partial charge in [-0.05, 0) is 56.2 Å². The fourth-order valence-electron chi connectivity index (χ4n) is 3.55. The van der Waals surface area contributed by atoms with Crippen LogP contribution in [0.4, 0.5) is 5.69 Å². The molecule has 2 saturated heterocycles. The molecule has 4 heteroatoms. The van der Waals surface area contributed by atoms with Crippen LogP contribution in [-0.4, -0.2) is 18.0 Å². The quantitative estimate of drug-likeness (QED) is 0.885. The van der Waals surface area contributed by atoms with E-state index in [4.69, 9.17) is 0 Å². The molecule has 2 fully saturated rings. The van der Waals surface area contributed by atoms with Crippen LogP contribution in [0.25, 0.3) is 0 Å². The zero-order valence-corrected chi connectivity index (χ0v) is 13.4. The molecule has 0 saturated carbocycles. The highest BCUT2D eigenvalue weighted by Crippen LogP contribution is 2.33. The summed E-state index contributed by atoms with van der Waals surface area (Å²) in [6.45, 7) is 2.02. The lowest BCUT2D eigenvalue weighted by atomic mass is 9.89. The van der Waals surface area contributed by atoms with E-state index in [9.17, 15) is 4.79 Å². The number of piperidine rings is 1. The van der Waals surface area contributed by atoms with Crippen LogP contribution in [0, 0.1) is 12.8 Å². The van der Waals surface area contributed by atoms with Gasteiger partial charge in [0.05, 0.1) is 0 Å². The molecule has 2 bridgehead atoms. The normalized spacial score (nSPS) is 28.4.